The van der Waals surface area contributed by atoms with E-state index in [1.54, 1.807) is 12.1 Å². The SMILES string of the molecule is CCOCC(C)OC(=O)c1ccc(CCN)cc1. The van der Waals surface area contributed by atoms with Crippen molar-refractivity contribution in [1.29, 1.82) is 0 Å². The van der Waals surface area contributed by atoms with Crippen molar-refractivity contribution in [2.45, 2.75) is 26.4 Å². The molecular weight excluding hydrogens is 230 g/mol. The lowest BCUT2D eigenvalue weighted by Gasteiger charge is -2.13. The number of hydrogen-bond donors (Lipinski definition) is 1. The molecule has 0 radical (unpaired) electrons. The molecule has 1 atom stereocenters. The smallest absolute Gasteiger partial charge is 0.338 e. The van der Waals surface area contributed by atoms with E-state index in [0.717, 1.165) is 12.0 Å². The Labute approximate surface area is 108 Å². The van der Waals surface area contributed by atoms with Gasteiger partial charge in [-0.1, -0.05) is 12.1 Å². The summed E-state index contributed by atoms with van der Waals surface area (Å²) >= 11 is 0. The van der Waals surface area contributed by atoms with E-state index in [0.29, 0.717) is 25.3 Å². The molecule has 0 saturated carbocycles. The molecule has 0 amide bonds. The summed E-state index contributed by atoms with van der Waals surface area (Å²) in [6.45, 7) is 5.37. The van der Waals surface area contributed by atoms with Gasteiger partial charge in [-0.2, -0.15) is 0 Å². The molecule has 100 valence electrons. The first-order valence-corrected chi connectivity index (χ1v) is 6.25. The number of benzene rings is 1. The highest BCUT2D eigenvalue weighted by molar-refractivity contribution is 5.89. The van der Waals surface area contributed by atoms with E-state index < -0.39 is 0 Å². The van der Waals surface area contributed by atoms with Gasteiger partial charge < -0.3 is 15.2 Å². The van der Waals surface area contributed by atoms with E-state index in [2.05, 4.69) is 0 Å². The first-order chi connectivity index (χ1) is 8.67. The molecule has 0 bridgehead atoms. The molecule has 0 aromatic heterocycles. The van der Waals surface area contributed by atoms with Crippen LogP contribution in [0.3, 0.4) is 0 Å². The molecule has 1 aromatic carbocycles. The molecule has 1 rings (SSSR count). The van der Waals surface area contributed by atoms with Crippen molar-refractivity contribution < 1.29 is 14.3 Å². The lowest BCUT2D eigenvalue weighted by atomic mass is 10.1. The van der Waals surface area contributed by atoms with Gasteiger partial charge in [0.1, 0.15) is 6.10 Å². The van der Waals surface area contributed by atoms with Crippen molar-refractivity contribution in [1.82, 2.24) is 0 Å². The minimum absolute atomic E-state index is 0.235. The summed E-state index contributed by atoms with van der Waals surface area (Å²) < 4.78 is 10.4. The van der Waals surface area contributed by atoms with E-state index >= 15 is 0 Å². The maximum Gasteiger partial charge on any atom is 0.338 e. The molecule has 0 heterocycles. The van der Waals surface area contributed by atoms with Crippen LogP contribution in [0.4, 0.5) is 0 Å². The Kier molecular flexibility index (Phi) is 6.39. The van der Waals surface area contributed by atoms with Crippen LogP contribution < -0.4 is 5.73 Å². The van der Waals surface area contributed by atoms with Gasteiger partial charge in [-0.05, 0) is 44.5 Å². The fourth-order valence-corrected chi connectivity index (χ4v) is 1.54. The zero-order valence-electron chi connectivity index (χ0n) is 11.0. The second-order valence-electron chi connectivity index (χ2n) is 4.11. The number of ether oxygens (including phenoxy) is 2. The number of hydrogen-bond acceptors (Lipinski definition) is 4. The van der Waals surface area contributed by atoms with Crippen LogP contribution >= 0.6 is 0 Å². The molecule has 0 aliphatic heterocycles. The number of carbonyl (C=O) groups is 1. The highest BCUT2D eigenvalue weighted by Gasteiger charge is 2.11. The number of rotatable bonds is 7. The Hall–Kier alpha value is -1.39. The Morgan fingerprint density at radius 1 is 1.33 bits per heavy atom. The highest BCUT2D eigenvalue weighted by atomic mass is 16.6. The topological polar surface area (TPSA) is 61.5 Å². The molecule has 0 fully saturated rings. The Morgan fingerprint density at radius 3 is 2.56 bits per heavy atom. The van der Waals surface area contributed by atoms with E-state index in [1.807, 2.05) is 26.0 Å². The number of esters is 1. The van der Waals surface area contributed by atoms with Gasteiger partial charge in [-0.25, -0.2) is 4.79 Å². The van der Waals surface area contributed by atoms with Gasteiger partial charge in [0.05, 0.1) is 12.2 Å². The molecule has 4 nitrogen and oxygen atoms in total. The predicted octanol–water partition coefficient (Wildman–Crippen LogP) is 1.77. The predicted molar refractivity (Wildman–Crippen MR) is 70.6 cm³/mol. The minimum Gasteiger partial charge on any atom is -0.457 e. The number of nitrogens with two attached hydrogens (primary N) is 1. The summed E-state index contributed by atoms with van der Waals surface area (Å²) in [5, 5.41) is 0. The van der Waals surface area contributed by atoms with E-state index in [9.17, 15) is 4.79 Å². The third-order valence-electron chi connectivity index (χ3n) is 2.49. The fraction of sp³-hybridized carbons (Fsp3) is 0.500. The largest absolute Gasteiger partial charge is 0.457 e. The van der Waals surface area contributed by atoms with E-state index in [-0.39, 0.29) is 12.1 Å². The van der Waals surface area contributed by atoms with Gasteiger partial charge in [0.25, 0.3) is 0 Å². The van der Waals surface area contributed by atoms with Gasteiger partial charge >= 0.3 is 5.97 Å². The second kappa shape index (κ2) is 7.84. The van der Waals surface area contributed by atoms with Crippen LogP contribution in [0.15, 0.2) is 24.3 Å². The summed E-state index contributed by atoms with van der Waals surface area (Å²) in [4.78, 5) is 11.8. The zero-order chi connectivity index (χ0) is 13.4. The maximum atomic E-state index is 11.8. The van der Waals surface area contributed by atoms with Crippen LogP contribution in [0.2, 0.25) is 0 Å². The number of carbonyl (C=O) groups excluding carboxylic acids is 1. The van der Waals surface area contributed by atoms with Crippen LogP contribution in [0.25, 0.3) is 0 Å². The molecule has 4 heteroatoms. The van der Waals surface area contributed by atoms with Crippen molar-refractivity contribution >= 4 is 5.97 Å². The van der Waals surface area contributed by atoms with Gasteiger partial charge in [-0.15, -0.1) is 0 Å². The first kappa shape index (κ1) is 14.7. The van der Waals surface area contributed by atoms with Crippen molar-refractivity contribution in [3.63, 3.8) is 0 Å². The summed E-state index contributed by atoms with van der Waals surface area (Å²) in [6, 6.07) is 7.33. The van der Waals surface area contributed by atoms with Crippen LogP contribution in [0, 0.1) is 0 Å². The average molecular weight is 251 g/mol. The van der Waals surface area contributed by atoms with Crippen molar-refractivity contribution in [3.05, 3.63) is 35.4 Å². The van der Waals surface area contributed by atoms with Crippen LogP contribution in [0.5, 0.6) is 0 Å². The third kappa shape index (κ3) is 4.85. The van der Waals surface area contributed by atoms with Crippen molar-refractivity contribution in [2.24, 2.45) is 5.73 Å². The van der Waals surface area contributed by atoms with Crippen molar-refractivity contribution in [2.75, 3.05) is 19.8 Å². The highest BCUT2D eigenvalue weighted by Crippen LogP contribution is 2.08. The van der Waals surface area contributed by atoms with Crippen molar-refractivity contribution in [3.8, 4) is 0 Å². The summed E-state index contributed by atoms with van der Waals surface area (Å²) in [6.07, 6.45) is 0.581. The molecule has 0 spiro atoms. The van der Waals surface area contributed by atoms with E-state index in [1.165, 1.54) is 0 Å². The Balaban J connectivity index is 2.50. The lowest BCUT2D eigenvalue weighted by molar-refractivity contribution is 0.00439. The molecular formula is C14H21NO3. The molecule has 2 N–H and O–H groups in total. The van der Waals surface area contributed by atoms with Gasteiger partial charge in [0.15, 0.2) is 0 Å². The fourth-order valence-electron chi connectivity index (χ4n) is 1.54. The molecule has 0 saturated heterocycles. The van der Waals surface area contributed by atoms with Crippen LogP contribution in [0.1, 0.15) is 29.8 Å². The molecule has 18 heavy (non-hydrogen) atoms. The lowest BCUT2D eigenvalue weighted by Crippen LogP contribution is -2.20. The molecule has 1 aromatic rings. The Bertz CT molecular complexity index is 362. The summed E-state index contributed by atoms with van der Waals surface area (Å²) in [5.74, 6) is -0.318. The second-order valence-corrected chi connectivity index (χ2v) is 4.11. The third-order valence-corrected chi connectivity index (χ3v) is 2.49. The quantitative estimate of drug-likeness (QED) is 0.750. The maximum absolute atomic E-state index is 11.8. The monoisotopic (exact) mass is 251 g/mol. The summed E-state index contributed by atoms with van der Waals surface area (Å²) in [5.41, 5.74) is 7.14. The van der Waals surface area contributed by atoms with E-state index in [4.69, 9.17) is 15.2 Å². The van der Waals surface area contributed by atoms with Gasteiger partial charge in [0.2, 0.25) is 0 Å². The van der Waals surface area contributed by atoms with Gasteiger partial charge in [-0.3, -0.25) is 0 Å². The first-order valence-electron chi connectivity index (χ1n) is 6.25. The molecule has 0 aliphatic carbocycles. The zero-order valence-corrected chi connectivity index (χ0v) is 11.0. The summed E-state index contributed by atoms with van der Waals surface area (Å²) in [7, 11) is 0. The standard InChI is InChI=1S/C14H21NO3/c1-3-17-10-11(2)18-14(16)13-6-4-12(5-7-13)8-9-15/h4-7,11H,3,8-10,15H2,1-2H3. The average Bonchev–Trinajstić information content (AvgIpc) is 2.37. The Morgan fingerprint density at radius 2 is 2.00 bits per heavy atom. The van der Waals surface area contributed by atoms with Crippen LogP contribution in [-0.4, -0.2) is 31.8 Å². The molecule has 0 aliphatic rings. The minimum atomic E-state index is -0.318. The van der Waals surface area contributed by atoms with Crippen LogP contribution in [-0.2, 0) is 15.9 Å². The normalized spacial score (nSPS) is 12.2. The molecule has 1 unspecified atom stereocenters. The van der Waals surface area contributed by atoms with Gasteiger partial charge in [0, 0.05) is 6.61 Å².